The van der Waals surface area contributed by atoms with Crippen LogP contribution in [-0.4, -0.2) is 5.97 Å². The Labute approximate surface area is 183 Å². The third-order valence-corrected chi connectivity index (χ3v) is 8.75. The van der Waals surface area contributed by atoms with Crippen molar-refractivity contribution in [3.63, 3.8) is 0 Å². The van der Waals surface area contributed by atoms with E-state index in [1.165, 1.54) is 45.2 Å². The number of fused-ring (bicyclic) bond motifs is 2. The molecule has 2 fully saturated rings. The van der Waals surface area contributed by atoms with Crippen molar-refractivity contribution in [2.75, 3.05) is 0 Å². The number of ether oxygens (including phenoxy) is 1. The lowest BCUT2D eigenvalue weighted by Gasteiger charge is -2.31. The Hall–Kier alpha value is -2.61. The lowest BCUT2D eigenvalue weighted by atomic mass is 9.74. The molecule has 6 atom stereocenters. The van der Waals surface area contributed by atoms with Crippen LogP contribution in [0.1, 0.15) is 51.7 Å². The fraction of sp³-hybridized carbons (Fsp3) is 0.414. The maximum atomic E-state index is 12.9. The van der Waals surface area contributed by atoms with Gasteiger partial charge in [0.05, 0.1) is 0 Å². The van der Waals surface area contributed by atoms with E-state index < -0.39 is 0 Å². The Bertz CT molecular complexity index is 1290. The molecule has 0 aliphatic heterocycles. The van der Waals surface area contributed by atoms with Crippen LogP contribution in [0.5, 0.6) is 0 Å². The number of esters is 1. The summed E-state index contributed by atoms with van der Waals surface area (Å²) in [5.41, 5.74) is 1.11. The Morgan fingerprint density at radius 2 is 1.65 bits per heavy atom. The minimum atomic E-state index is -0.253. The summed E-state index contributed by atoms with van der Waals surface area (Å²) < 4.78 is 6.06. The number of hydrogen-bond acceptors (Lipinski definition) is 2. The lowest BCUT2D eigenvalue weighted by Crippen LogP contribution is -2.26. The molecule has 2 aliphatic carbocycles. The van der Waals surface area contributed by atoms with Crippen molar-refractivity contribution >= 4 is 38.3 Å². The highest BCUT2D eigenvalue weighted by Gasteiger charge is 2.49. The fourth-order valence-corrected chi connectivity index (χ4v) is 6.98. The van der Waals surface area contributed by atoms with E-state index in [-0.39, 0.29) is 12.1 Å². The Kier molecular flexibility index (Phi) is 4.28. The standard InChI is InChI=1S/C29H30O2/c1-16-17(2)25-14-22(16)12-23(25)15-27(30)31-18(3)26-13-21-8-4-6-19-10-11-20-7-5-9-24(26)29(20)28(19)21/h4-11,13,16-18,22-23,25H,12,14-15H2,1-3H3. The minimum absolute atomic E-state index is 0.0324. The highest BCUT2D eigenvalue weighted by Crippen LogP contribution is 2.56. The topological polar surface area (TPSA) is 26.3 Å². The fourth-order valence-electron chi connectivity index (χ4n) is 6.98. The first-order valence-electron chi connectivity index (χ1n) is 11.9. The van der Waals surface area contributed by atoms with Gasteiger partial charge in [0.15, 0.2) is 0 Å². The smallest absolute Gasteiger partial charge is 0.306 e. The number of carbonyl (C=O) groups excluding carboxylic acids is 1. The molecule has 31 heavy (non-hydrogen) atoms. The normalized spacial score (nSPS) is 28.7. The molecule has 4 aromatic carbocycles. The van der Waals surface area contributed by atoms with E-state index in [0.29, 0.717) is 18.3 Å². The molecule has 2 bridgehead atoms. The molecule has 0 heterocycles. The van der Waals surface area contributed by atoms with Crippen LogP contribution in [0.25, 0.3) is 32.3 Å². The first kappa shape index (κ1) is 19.1. The van der Waals surface area contributed by atoms with Gasteiger partial charge in [-0.05, 0) is 87.7 Å². The maximum Gasteiger partial charge on any atom is 0.306 e. The van der Waals surface area contributed by atoms with Gasteiger partial charge in [-0.3, -0.25) is 4.79 Å². The van der Waals surface area contributed by atoms with Gasteiger partial charge in [-0.2, -0.15) is 0 Å². The number of hydrogen-bond donors (Lipinski definition) is 0. The summed E-state index contributed by atoms with van der Waals surface area (Å²) in [6, 6.07) is 19.5. The first-order chi connectivity index (χ1) is 15.0. The second-order valence-corrected chi connectivity index (χ2v) is 10.2. The molecule has 6 rings (SSSR count). The Balaban J connectivity index is 1.30. The quantitative estimate of drug-likeness (QED) is 0.257. The van der Waals surface area contributed by atoms with Crippen LogP contribution in [0.2, 0.25) is 0 Å². The third-order valence-electron chi connectivity index (χ3n) is 8.75. The number of rotatable bonds is 4. The molecule has 2 nitrogen and oxygen atoms in total. The van der Waals surface area contributed by atoms with E-state index in [9.17, 15) is 4.79 Å². The van der Waals surface area contributed by atoms with Gasteiger partial charge in [0.2, 0.25) is 0 Å². The van der Waals surface area contributed by atoms with Crippen molar-refractivity contribution in [1.29, 1.82) is 0 Å². The van der Waals surface area contributed by atoms with Gasteiger partial charge < -0.3 is 4.74 Å². The van der Waals surface area contributed by atoms with E-state index in [1.54, 1.807) is 0 Å². The van der Waals surface area contributed by atoms with E-state index in [0.717, 1.165) is 23.3 Å². The number of carbonyl (C=O) groups is 1. The third kappa shape index (κ3) is 2.87. The summed E-state index contributed by atoms with van der Waals surface area (Å²) in [7, 11) is 0. The molecule has 4 aromatic rings. The van der Waals surface area contributed by atoms with Crippen LogP contribution in [0, 0.1) is 29.6 Å². The van der Waals surface area contributed by atoms with E-state index >= 15 is 0 Å². The van der Waals surface area contributed by atoms with E-state index in [2.05, 4.69) is 68.4 Å². The lowest BCUT2D eigenvalue weighted by molar-refractivity contribution is -0.150. The average Bonchev–Trinajstić information content (AvgIpc) is 3.30. The van der Waals surface area contributed by atoms with E-state index in [4.69, 9.17) is 4.74 Å². The number of benzene rings is 4. The summed E-state index contributed by atoms with van der Waals surface area (Å²) in [5.74, 6) is 3.54. The zero-order valence-corrected chi connectivity index (χ0v) is 18.6. The highest BCUT2D eigenvalue weighted by atomic mass is 16.5. The second kappa shape index (κ2) is 6.95. The zero-order valence-electron chi connectivity index (χ0n) is 18.6. The van der Waals surface area contributed by atoms with Gasteiger partial charge in [0, 0.05) is 12.0 Å². The van der Waals surface area contributed by atoms with Crippen molar-refractivity contribution < 1.29 is 9.53 Å². The first-order valence-corrected chi connectivity index (χ1v) is 11.9. The molecule has 0 amide bonds. The maximum absolute atomic E-state index is 12.9. The molecule has 158 valence electrons. The Morgan fingerprint density at radius 3 is 2.39 bits per heavy atom. The molecule has 0 N–H and O–H groups in total. The molecule has 0 aromatic heterocycles. The van der Waals surface area contributed by atoms with Crippen LogP contribution in [0.15, 0.2) is 54.6 Å². The minimum Gasteiger partial charge on any atom is -0.458 e. The predicted octanol–water partition coefficient (Wildman–Crippen LogP) is 7.51. The monoisotopic (exact) mass is 410 g/mol. The highest BCUT2D eigenvalue weighted by molar-refractivity contribution is 6.23. The average molecular weight is 411 g/mol. The molecule has 6 unspecified atom stereocenters. The second-order valence-electron chi connectivity index (χ2n) is 10.2. The van der Waals surface area contributed by atoms with E-state index in [1.807, 2.05) is 6.92 Å². The predicted molar refractivity (Wildman–Crippen MR) is 127 cm³/mol. The van der Waals surface area contributed by atoms with Crippen molar-refractivity contribution in [3.8, 4) is 0 Å². The molecule has 0 radical (unpaired) electrons. The van der Waals surface area contributed by atoms with Gasteiger partial charge in [0.25, 0.3) is 0 Å². The molecule has 2 aliphatic rings. The van der Waals surface area contributed by atoms with Crippen molar-refractivity contribution in [2.24, 2.45) is 29.6 Å². The molecule has 0 spiro atoms. The summed E-state index contributed by atoms with van der Waals surface area (Å²) in [6.45, 7) is 6.80. The van der Waals surface area contributed by atoms with Crippen LogP contribution in [0.3, 0.4) is 0 Å². The van der Waals surface area contributed by atoms with Crippen LogP contribution >= 0.6 is 0 Å². The van der Waals surface area contributed by atoms with Gasteiger partial charge in [0.1, 0.15) is 6.10 Å². The Morgan fingerprint density at radius 1 is 0.935 bits per heavy atom. The van der Waals surface area contributed by atoms with Crippen LogP contribution in [-0.2, 0) is 9.53 Å². The van der Waals surface area contributed by atoms with Crippen LogP contribution < -0.4 is 0 Å². The van der Waals surface area contributed by atoms with Gasteiger partial charge in [-0.25, -0.2) is 0 Å². The summed E-state index contributed by atoms with van der Waals surface area (Å²) in [6.07, 6.45) is 2.84. The van der Waals surface area contributed by atoms with Crippen molar-refractivity contribution in [2.45, 2.75) is 46.1 Å². The molecule has 0 saturated heterocycles. The summed E-state index contributed by atoms with van der Waals surface area (Å²) >= 11 is 0. The summed E-state index contributed by atoms with van der Waals surface area (Å²) in [5, 5.41) is 7.51. The van der Waals surface area contributed by atoms with Crippen molar-refractivity contribution in [1.82, 2.24) is 0 Å². The summed E-state index contributed by atoms with van der Waals surface area (Å²) in [4.78, 5) is 12.9. The molecule has 2 saturated carbocycles. The van der Waals surface area contributed by atoms with Gasteiger partial charge in [-0.1, -0.05) is 62.4 Å². The SMILES string of the molecule is CC(OC(=O)CC1CC2CC1C(C)C2C)c1cc2cccc3ccc4cccc1c4c32. The molecular weight excluding hydrogens is 380 g/mol. The largest absolute Gasteiger partial charge is 0.458 e. The molecule has 2 heteroatoms. The van der Waals surface area contributed by atoms with Gasteiger partial charge in [-0.15, -0.1) is 0 Å². The van der Waals surface area contributed by atoms with Crippen molar-refractivity contribution in [3.05, 3.63) is 60.2 Å². The molecular formula is C29H30O2. The van der Waals surface area contributed by atoms with Crippen LogP contribution in [0.4, 0.5) is 0 Å². The zero-order chi connectivity index (χ0) is 21.3. The van der Waals surface area contributed by atoms with Gasteiger partial charge >= 0.3 is 5.97 Å².